The molecule has 1 unspecified atom stereocenters. The second-order valence-electron chi connectivity index (χ2n) is 6.71. The van der Waals surface area contributed by atoms with Gasteiger partial charge in [0.25, 0.3) is 5.91 Å². The van der Waals surface area contributed by atoms with E-state index in [0.717, 1.165) is 16.3 Å². The third-order valence-electron chi connectivity index (χ3n) is 3.52. The number of hydrogen-bond donors (Lipinski definition) is 1. The molecule has 0 aliphatic heterocycles. The fraction of sp³-hybridized carbons (Fsp3) is 0.350. The summed E-state index contributed by atoms with van der Waals surface area (Å²) in [7, 11) is 0. The zero-order valence-corrected chi connectivity index (χ0v) is 15.2. The molecule has 0 bridgehead atoms. The normalized spacial score (nSPS) is 12.5. The van der Waals surface area contributed by atoms with Crippen molar-refractivity contribution in [2.24, 2.45) is 0 Å². The van der Waals surface area contributed by atoms with Gasteiger partial charge in [-0.05, 0) is 50.8 Å². The number of amides is 1. The smallest absolute Gasteiger partial charge is 0.261 e. The molecule has 4 heteroatoms. The SMILES string of the molecule is C#Cc1ccc2ccc(OC(CC)C(=O)NC(C)(C)C)c(Cl)c2c1. The third-order valence-corrected chi connectivity index (χ3v) is 3.91. The molecule has 0 aromatic heterocycles. The number of nitrogens with one attached hydrogen (secondary N) is 1. The molecule has 0 aliphatic rings. The van der Waals surface area contributed by atoms with Crippen LogP contribution >= 0.6 is 11.6 Å². The summed E-state index contributed by atoms with van der Waals surface area (Å²) >= 11 is 6.48. The number of rotatable bonds is 4. The second kappa shape index (κ2) is 7.15. The van der Waals surface area contributed by atoms with Gasteiger partial charge in [0.1, 0.15) is 5.75 Å². The summed E-state index contributed by atoms with van der Waals surface area (Å²) in [5.74, 6) is 2.92. The molecule has 0 heterocycles. The molecule has 1 N–H and O–H groups in total. The van der Waals surface area contributed by atoms with Gasteiger partial charge >= 0.3 is 0 Å². The van der Waals surface area contributed by atoms with Crippen molar-refractivity contribution in [3.63, 3.8) is 0 Å². The van der Waals surface area contributed by atoms with Crippen LogP contribution in [0.1, 0.15) is 39.7 Å². The zero-order valence-electron chi connectivity index (χ0n) is 14.4. The van der Waals surface area contributed by atoms with E-state index < -0.39 is 6.10 Å². The van der Waals surface area contributed by atoms with Crippen LogP contribution < -0.4 is 10.1 Å². The number of terminal acetylenes is 1. The molecule has 1 amide bonds. The number of hydrogen-bond acceptors (Lipinski definition) is 2. The lowest BCUT2D eigenvalue weighted by atomic mass is 10.1. The van der Waals surface area contributed by atoms with Gasteiger partial charge in [-0.15, -0.1) is 6.42 Å². The van der Waals surface area contributed by atoms with Gasteiger partial charge < -0.3 is 10.1 Å². The van der Waals surface area contributed by atoms with Gasteiger partial charge in [-0.3, -0.25) is 4.79 Å². The zero-order chi connectivity index (χ0) is 17.9. The molecule has 0 saturated carbocycles. The van der Waals surface area contributed by atoms with E-state index in [-0.39, 0.29) is 11.4 Å². The number of carbonyl (C=O) groups excluding carboxylic acids is 1. The highest BCUT2D eigenvalue weighted by atomic mass is 35.5. The maximum Gasteiger partial charge on any atom is 0.261 e. The molecule has 3 nitrogen and oxygen atoms in total. The minimum Gasteiger partial charge on any atom is -0.479 e. The summed E-state index contributed by atoms with van der Waals surface area (Å²) in [6.45, 7) is 7.70. The highest BCUT2D eigenvalue weighted by Crippen LogP contribution is 2.34. The number of halogens is 1. The first-order valence-corrected chi connectivity index (χ1v) is 8.30. The standard InChI is InChI=1S/C20H22ClNO2/c1-6-13-8-9-14-10-11-17(18(21)15(14)12-13)24-16(7-2)19(23)22-20(3,4)5/h1,8-12,16H,7H2,2-5H3,(H,22,23). The molecule has 0 aliphatic carbocycles. The van der Waals surface area contributed by atoms with Gasteiger partial charge in [-0.1, -0.05) is 36.6 Å². The minimum atomic E-state index is -0.602. The predicted molar refractivity (Wildman–Crippen MR) is 99.5 cm³/mol. The average molecular weight is 344 g/mol. The quantitative estimate of drug-likeness (QED) is 0.827. The monoisotopic (exact) mass is 343 g/mol. The summed E-state index contributed by atoms with van der Waals surface area (Å²) in [5, 5.41) is 5.18. The van der Waals surface area contributed by atoms with Crippen molar-refractivity contribution in [3.8, 4) is 18.1 Å². The summed E-state index contributed by atoms with van der Waals surface area (Å²) in [6, 6.07) is 9.33. The Morgan fingerprint density at radius 3 is 2.58 bits per heavy atom. The molecule has 126 valence electrons. The van der Waals surface area contributed by atoms with Gasteiger partial charge in [-0.25, -0.2) is 0 Å². The summed E-state index contributed by atoms with van der Waals surface area (Å²) in [4.78, 5) is 12.4. The van der Waals surface area contributed by atoms with Gasteiger partial charge in [-0.2, -0.15) is 0 Å². The Balaban J connectivity index is 2.33. The average Bonchev–Trinajstić information content (AvgIpc) is 2.52. The maximum atomic E-state index is 12.4. The van der Waals surface area contributed by atoms with Crippen molar-refractivity contribution in [1.82, 2.24) is 5.32 Å². The first kappa shape index (κ1) is 18.2. The first-order chi connectivity index (χ1) is 11.2. The number of carbonyl (C=O) groups is 1. The van der Waals surface area contributed by atoms with E-state index in [4.69, 9.17) is 22.8 Å². The van der Waals surface area contributed by atoms with Crippen molar-refractivity contribution in [3.05, 3.63) is 40.9 Å². The van der Waals surface area contributed by atoms with E-state index >= 15 is 0 Å². The van der Waals surface area contributed by atoms with Crippen LogP contribution in [0, 0.1) is 12.3 Å². The molecule has 2 aromatic carbocycles. The van der Waals surface area contributed by atoms with E-state index in [9.17, 15) is 4.79 Å². The molecule has 0 fully saturated rings. The Hall–Kier alpha value is -2.18. The van der Waals surface area contributed by atoms with Crippen LogP contribution in [-0.4, -0.2) is 17.6 Å². The van der Waals surface area contributed by atoms with Crippen LogP contribution in [0.25, 0.3) is 10.8 Å². The van der Waals surface area contributed by atoms with E-state index in [1.807, 2.05) is 52.0 Å². The van der Waals surface area contributed by atoms with E-state index in [0.29, 0.717) is 17.2 Å². The Morgan fingerprint density at radius 2 is 2.00 bits per heavy atom. The van der Waals surface area contributed by atoms with Crippen molar-refractivity contribution >= 4 is 28.3 Å². The third kappa shape index (κ3) is 4.21. The van der Waals surface area contributed by atoms with Crippen LogP contribution in [-0.2, 0) is 4.79 Å². The molecule has 24 heavy (non-hydrogen) atoms. The largest absolute Gasteiger partial charge is 0.479 e. The number of fused-ring (bicyclic) bond motifs is 1. The Labute approximate surface area is 148 Å². The summed E-state index contributed by atoms with van der Waals surface area (Å²) in [5.41, 5.74) is 0.432. The lowest BCUT2D eigenvalue weighted by Gasteiger charge is -2.25. The van der Waals surface area contributed by atoms with E-state index in [1.165, 1.54) is 0 Å². The summed E-state index contributed by atoms with van der Waals surface area (Å²) in [6.07, 6.45) is 5.39. The Morgan fingerprint density at radius 1 is 1.33 bits per heavy atom. The summed E-state index contributed by atoms with van der Waals surface area (Å²) < 4.78 is 5.89. The second-order valence-corrected chi connectivity index (χ2v) is 7.09. The predicted octanol–water partition coefficient (Wildman–Crippen LogP) is 4.55. The van der Waals surface area contributed by atoms with E-state index in [2.05, 4.69) is 11.2 Å². The lowest BCUT2D eigenvalue weighted by molar-refractivity contribution is -0.129. The van der Waals surface area contributed by atoms with Crippen LogP contribution in [0.15, 0.2) is 30.3 Å². The van der Waals surface area contributed by atoms with Crippen LogP contribution in [0.4, 0.5) is 0 Å². The lowest BCUT2D eigenvalue weighted by Crippen LogP contribution is -2.47. The van der Waals surface area contributed by atoms with Crippen molar-refractivity contribution in [1.29, 1.82) is 0 Å². The van der Waals surface area contributed by atoms with Crippen LogP contribution in [0.3, 0.4) is 0 Å². The fourth-order valence-corrected chi connectivity index (χ4v) is 2.64. The molecule has 2 aromatic rings. The fourth-order valence-electron chi connectivity index (χ4n) is 2.37. The topological polar surface area (TPSA) is 38.3 Å². The number of ether oxygens (including phenoxy) is 1. The minimum absolute atomic E-state index is 0.154. The first-order valence-electron chi connectivity index (χ1n) is 7.92. The highest BCUT2D eigenvalue weighted by Gasteiger charge is 2.24. The molecule has 0 saturated heterocycles. The van der Waals surface area contributed by atoms with Crippen LogP contribution in [0.2, 0.25) is 5.02 Å². The molecule has 1 atom stereocenters. The highest BCUT2D eigenvalue weighted by molar-refractivity contribution is 6.37. The number of benzene rings is 2. The van der Waals surface area contributed by atoms with Gasteiger partial charge in [0.05, 0.1) is 5.02 Å². The van der Waals surface area contributed by atoms with Gasteiger partial charge in [0.15, 0.2) is 6.10 Å². The van der Waals surface area contributed by atoms with Crippen LogP contribution in [0.5, 0.6) is 5.75 Å². The molecule has 0 radical (unpaired) electrons. The molecule has 2 rings (SSSR count). The Bertz CT molecular complexity index is 800. The molecular formula is C20H22ClNO2. The van der Waals surface area contributed by atoms with E-state index in [1.54, 1.807) is 6.07 Å². The van der Waals surface area contributed by atoms with Gasteiger partial charge in [0.2, 0.25) is 0 Å². The van der Waals surface area contributed by atoms with Crippen molar-refractivity contribution < 1.29 is 9.53 Å². The maximum absolute atomic E-state index is 12.4. The molecule has 0 spiro atoms. The Kier molecular flexibility index (Phi) is 5.41. The molecular weight excluding hydrogens is 322 g/mol. The van der Waals surface area contributed by atoms with Gasteiger partial charge in [0, 0.05) is 16.5 Å². The van der Waals surface area contributed by atoms with Crippen molar-refractivity contribution in [2.75, 3.05) is 0 Å². The van der Waals surface area contributed by atoms with Crippen molar-refractivity contribution in [2.45, 2.75) is 45.8 Å².